The molecule has 1 saturated heterocycles. The molecule has 4 nitrogen and oxygen atoms in total. The molecule has 118 valence electrons. The average Bonchev–Trinajstić information content (AvgIpc) is 2.50. The number of guanidine groups is 1. The molecule has 0 saturated carbocycles. The first-order valence-electron chi connectivity index (χ1n) is 7.55. The van der Waals surface area contributed by atoms with E-state index in [2.05, 4.69) is 57.4 Å². The van der Waals surface area contributed by atoms with Crippen molar-refractivity contribution in [1.29, 1.82) is 0 Å². The molecular formula is C16H27IN4. The van der Waals surface area contributed by atoms with Crippen molar-refractivity contribution in [2.75, 3.05) is 39.8 Å². The Balaban J connectivity index is 0.00000220. The number of nitrogens with zero attached hydrogens (tertiary/aromatic N) is 3. The molecule has 0 atom stereocenters. The van der Waals surface area contributed by atoms with Crippen molar-refractivity contribution in [3.05, 3.63) is 35.9 Å². The zero-order valence-corrected chi connectivity index (χ0v) is 15.4. The van der Waals surface area contributed by atoms with Crippen molar-refractivity contribution < 1.29 is 0 Å². The Hall–Kier alpha value is -0.820. The van der Waals surface area contributed by atoms with Gasteiger partial charge in [0.25, 0.3) is 0 Å². The van der Waals surface area contributed by atoms with Crippen LogP contribution in [0.15, 0.2) is 35.3 Å². The van der Waals surface area contributed by atoms with Crippen molar-refractivity contribution in [3.8, 4) is 0 Å². The van der Waals surface area contributed by atoms with Crippen LogP contribution in [-0.2, 0) is 6.54 Å². The van der Waals surface area contributed by atoms with E-state index in [0.717, 1.165) is 51.6 Å². The van der Waals surface area contributed by atoms with Crippen LogP contribution in [0.2, 0.25) is 0 Å². The molecule has 1 N–H and O–H groups in total. The van der Waals surface area contributed by atoms with Crippen LogP contribution in [0, 0.1) is 0 Å². The number of rotatable bonds is 4. The molecule has 5 heteroatoms. The van der Waals surface area contributed by atoms with Gasteiger partial charge >= 0.3 is 0 Å². The van der Waals surface area contributed by atoms with Crippen molar-refractivity contribution >= 4 is 29.9 Å². The summed E-state index contributed by atoms with van der Waals surface area (Å²) in [5.74, 6) is 1.05. The second kappa shape index (κ2) is 10.00. The highest BCUT2D eigenvalue weighted by Gasteiger charge is 2.19. The lowest BCUT2D eigenvalue weighted by atomic mass is 10.2. The van der Waals surface area contributed by atoms with Gasteiger partial charge in [0.05, 0.1) is 0 Å². The van der Waals surface area contributed by atoms with E-state index in [-0.39, 0.29) is 24.0 Å². The minimum Gasteiger partial charge on any atom is -0.356 e. The fourth-order valence-electron chi connectivity index (χ4n) is 2.53. The molecule has 1 aromatic carbocycles. The van der Waals surface area contributed by atoms with Gasteiger partial charge in [0.1, 0.15) is 0 Å². The third kappa shape index (κ3) is 5.82. The third-order valence-electron chi connectivity index (χ3n) is 3.67. The Morgan fingerprint density at radius 2 is 1.81 bits per heavy atom. The largest absolute Gasteiger partial charge is 0.356 e. The van der Waals surface area contributed by atoms with Gasteiger partial charge < -0.3 is 10.2 Å². The van der Waals surface area contributed by atoms with Gasteiger partial charge in [0.15, 0.2) is 5.96 Å². The molecule has 0 spiro atoms. The highest BCUT2D eigenvalue weighted by Crippen LogP contribution is 2.08. The Labute approximate surface area is 145 Å². The average molecular weight is 402 g/mol. The lowest BCUT2D eigenvalue weighted by Crippen LogP contribution is -2.52. The van der Waals surface area contributed by atoms with E-state index in [1.54, 1.807) is 0 Å². The molecule has 0 amide bonds. The number of halogens is 1. The summed E-state index contributed by atoms with van der Waals surface area (Å²) < 4.78 is 0. The molecule has 1 aromatic rings. The lowest BCUT2D eigenvalue weighted by Gasteiger charge is -2.36. The monoisotopic (exact) mass is 402 g/mol. The quantitative estimate of drug-likeness (QED) is 0.477. The summed E-state index contributed by atoms with van der Waals surface area (Å²) in [5, 5.41) is 3.41. The maximum absolute atomic E-state index is 4.37. The summed E-state index contributed by atoms with van der Waals surface area (Å²) in [6.45, 7) is 8.53. The van der Waals surface area contributed by atoms with Gasteiger partial charge in [-0.15, -0.1) is 24.0 Å². The number of hydrogen-bond acceptors (Lipinski definition) is 2. The predicted octanol–water partition coefficient (Wildman–Crippen LogP) is 2.41. The molecule has 0 aliphatic carbocycles. The van der Waals surface area contributed by atoms with Crippen LogP contribution >= 0.6 is 24.0 Å². The molecule has 0 radical (unpaired) electrons. The van der Waals surface area contributed by atoms with Gasteiger partial charge in [-0.3, -0.25) is 9.89 Å². The van der Waals surface area contributed by atoms with E-state index in [1.807, 2.05) is 7.05 Å². The molecule has 21 heavy (non-hydrogen) atoms. The molecule has 1 fully saturated rings. The van der Waals surface area contributed by atoms with Crippen LogP contribution in [0.25, 0.3) is 0 Å². The Morgan fingerprint density at radius 1 is 1.14 bits per heavy atom. The number of nitrogens with one attached hydrogen (secondary N) is 1. The molecular weight excluding hydrogens is 375 g/mol. The number of benzene rings is 1. The smallest absolute Gasteiger partial charge is 0.193 e. The minimum absolute atomic E-state index is 0. The van der Waals surface area contributed by atoms with Crippen molar-refractivity contribution in [2.24, 2.45) is 4.99 Å². The fraction of sp³-hybridized carbons (Fsp3) is 0.562. The van der Waals surface area contributed by atoms with Crippen molar-refractivity contribution in [3.63, 3.8) is 0 Å². The van der Waals surface area contributed by atoms with Crippen LogP contribution < -0.4 is 5.32 Å². The summed E-state index contributed by atoms with van der Waals surface area (Å²) in [5.41, 5.74) is 1.40. The maximum Gasteiger partial charge on any atom is 0.193 e. The normalized spacial score (nSPS) is 16.5. The van der Waals surface area contributed by atoms with Gasteiger partial charge in [-0.1, -0.05) is 37.3 Å². The van der Waals surface area contributed by atoms with E-state index < -0.39 is 0 Å². The SMILES string of the molecule is CCCNC(=NC)N1CCN(Cc2ccccc2)CC1.I. The molecule has 1 aliphatic heterocycles. The van der Waals surface area contributed by atoms with E-state index in [4.69, 9.17) is 0 Å². The molecule has 0 unspecified atom stereocenters. The summed E-state index contributed by atoms with van der Waals surface area (Å²) >= 11 is 0. The Morgan fingerprint density at radius 3 is 2.38 bits per heavy atom. The van der Waals surface area contributed by atoms with Gasteiger partial charge in [0, 0.05) is 46.3 Å². The van der Waals surface area contributed by atoms with Crippen LogP contribution in [0.3, 0.4) is 0 Å². The first-order chi connectivity index (χ1) is 9.83. The molecule has 0 aromatic heterocycles. The van der Waals surface area contributed by atoms with E-state index in [0.29, 0.717) is 0 Å². The van der Waals surface area contributed by atoms with E-state index in [9.17, 15) is 0 Å². The summed E-state index contributed by atoms with van der Waals surface area (Å²) in [4.78, 5) is 9.24. The third-order valence-corrected chi connectivity index (χ3v) is 3.67. The minimum atomic E-state index is 0. The van der Waals surface area contributed by atoms with Gasteiger partial charge in [-0.25, -0.2) is 0 Å². The van der Waals surface area contributed by atoms with Crippen LogP contribution in [0.5, 0.6) is 0 Å². The maximum atomic E-state index is 4.37. The second-order valence-electron chi connectivity index (χ2n) is 5.22. The van der Waals surface area contributed by atoms with Gasteiger partial charge in [-0.2, -0.15) is 0 Å². The number of piperazine rings is 1. The van der Waals surface area contributed by atoms with Crippen molar-refractivity contribution in [1.82, 2.24) is 15.1 Å². The van der Waals surface area contributed by atoms with Gasteiger partial charge in [-0.05, 0) is 12.0 Å². The van der Waals surface area contributed by atoms with E-state index >= 15 is 0 Å². The molecule has 2 rings (SSSR count). The zero-order chi connectivity index (χ0) is 14.2. The number of hydrogen-bond donors (Lipinski definition) is 1. The highest BCUT2D eigenvalue weighted by molar-refractivity contribution is 14.0. The second-order valence-corrected chi connectivity index (χ2v) is 5.22. The fourth-order valence-corrected chi connectivity index (χ4v) is 2.53. The van der Waals surface area contributed by atoms with Gasteiger partial charge in [0.2, 0.25) is 0 Å². The molecule has 0 bridgehead atoms. The molecule has 1 heterocycles. The summed E-state index contributed by atoms with van der Waals surface area (Å²) in [7, 11) is 1.87. The zero-order valence-electron chi connectivity index (χ0n) is 13.1. The van der Waals surface area contributed by atoms with Crippen LogP contribution in [-0.4, -0.2) is 55.5 Å². The predicted molar refractivity (Wildman–Crippen MR) is 100 cm³/mol. The van der Waals surface area contributed by atoms with Crippen LogP contribution in [0.4, 0.5) is 0 Å². The first kappa shape index (κ1) is 18.2. The highest BCUT2D eigenvalue weighted by atomic mass is 127. The number of aliphatic imine (C=N–C) groups is 1. The standard InChI is InChI=1S/C16H26N4.HI/c1-3-9-18-16(17-2)20-12-10-19(11-13-20)14-15-7-5-4-6-8-15;/h4-8H,3,9-14H2,1-2H3,(H,17,18);1H. The Kier molecular flexibility index (Phi) is 8.68. The topological polar surface area (TPSA) is 30.9 Å². The Bertz CT molecular complexity index is 414. The first-order valence-corrected chi connectivity index (χ1v) is 7.55. The molecule has 1 aliphatic rings. The summed E-state index contributed by atoms with van der Waals surface area (Å²) in [6.07, 6.45) is 1.13. The van der Waals surface area contributed by atoms with E-state index in [1.165, 1.54) is 5.56 Å². The summed E-state index contributed by atoms with van der Waals surface area (Å²) in [6, 6.07) is 10.7. The van der Waals surface area contributed by atoms with Crippen LogP contribution in [0.1, 0.15) is 18.9 Å². The lowest BCUT2D eigenvalue weighted by molar-refractivity contribution is 0.172. The van der Waals surface area contributed by atoms with Crippen molar-refractivity contribution in [2.45, 2.75) is 19.9 Å².